The van der Waals surface area contributed by atoms with Crippen LogP contribution >= 0.6 is 23.6 Å². The van der Waals surface area contributed by atoms with Crippen LogP contribution in [0, 0.1) is 27.4 Å². The zero-order valence-corrected chi connectivity index (χ0v) is 18.1. The summed E-state index contributed by atoms with van der Waals surface area (Å²) < 4.78 is 5.23. The van der Waals surface area contributed by atoms with Gasteiger partial charge >= 0.3 is 5.69 Å². The summed E-state index contributed by atoms with van der Waals surface area (Å²) in [6, 6.07) is 6.20. The van der Waals surface area contributed by atoms with E-state index in [4.69, 9.17) is 17.0 Å². The molecule has 1 aromatic carbocycles. The Hall–Kier alpha value is -3.03. The molecule has 156 valence electrons. The van der Waals surface area contributed by atoms with Gasteiger partial charge in [-0.2, -0.15) is 5.26 Å². The smallest absolute Gasteiger partial charge is 0.311 e. The van der Waals surface area contributed by atoms with E-state index >= 15 is 0 Å². The van der Waals surface area contributed by atoms with E-state index < -0.39 is 10.8 Å². The van der Waals surface area contributed by atoms with Gasteiger partial charge in [0.2, 0.25) is 0 Å². The number of fused-ring (bicyclic) bond motifs is 1. The van der Waals surface area contributed by atoms with Gasteiger partial charge in [-0.3, -0.25) is 20.2 Å². The van der Waals surface area contributed by atoms with Gasteiger partial charge < -0.3 is 10.1 Å². The number of hydrogen-bond acceptors (Lipinski definition) is 7. The minimum atomic E-state index is -0.602. The largest absolute Gasteiger partial charge is 0.487 e. The zero-order valence-electron chi connectivity index (χ0n) is 16.5. The first-order valence-electron chi connectivity index (χ1n) is 9.42. The number of thiophene rings is 1. The molecule has 2 N–H and O–H groups in total. The Kier molecular flexibility index (Phi) is 6.64. The Bertz CT molecular complexity index is 1060. The Labute approximate surface area is 183 Å². The standard InChI is InChI=1S/C20H20N4O4S2/c1-3-28-16-7-5-12(9-15(16)24(26)27)18(25)22-20(29)23-19-14(10-21)13-6-4-11(2)8-17(13)30-19/h5,7,9,11H,3-4,6,8H2,1-2H3,(H2,22,23,25,29)/t11-/m1/s1. The fourth-order valence-electron chi connectivity index (χ4n) is 3.35. The van der Waals surface area contributed by atoms with Crippen molar-refractivity contribution in [1.82, 2.24) is 5.32 Å². The van der Waals surface area contributed by atoms with Crippen molar-refractivity contribution in [3.05, 3.63) is 49.9 Å². The average Bonchev–Trinajstić information content (AvgIpc) is 3.03. The van der Waals surface area contributed by atoms with Crippen molar-refractivity contribution < 1.29 is 14.5 Å². The number of nitrogens with one attached hydrogen (secondary N) is 2. The Morgan fingerprint density at radius 2 is 2.27 bits per heavy atom. The number of benzene rings is 1. The van der Waals surface area contributed by atoms with E-state index in [-0.39, 0.29) is 28.7 Å². The molecule has 0 fully saturated rings. The van der Waals surface area contributed by atoms with Crippen LogP contribution in [0.25, 0.3) is 0 Å². The minimum Gasteiger partial charge on any atom is -0.487 e. The Morgan fingerprint density at radius 1 is 1.50 bits per heavy atom. The topological polar surface area (TPSA) is 117 Å². The summed E-state index contributed by atoms with van der Waals surface area (Å²) in [6.07, 6.45) is 2.81. The average molecular weight is 445 g/mol. The maximum absolute atomic E-state index is 12.5. The summed E-state index contributed by atoms with van der Waals surface area (Å²) in [5, 5.41) is 26.9. The van der Waals surface area contributed by atoms with E-state index in [9.17, 15) is 20.2 Å². The van der Waals surface area contributed by atoms with E-state index in [1.165, 1.54) is 28.3 Å². The van der Waals surface area contributed by atoms with Gasteiger partial charge in [-0.05, 0) is 62.0 Å². The molecule has 1 atom stereocenters. The summed E-state index contributed by atoms with van der Waals surface area (Å²) in [7, 11) is 0. The molecule has 0 spiro atoms. The molecule has 0 saturated heterocycles. The summed E-state index contributed by atoms with van der Waals surface area (Å²) in [4.78, 5) is 24.3. The van der Waals surface area contributed by atoms with E-state index in [0.717, 1.165) is 30.9 Å². The third-order valence-electron chi connectivity index (χ3n) is 4.80. The van der Waals surface area contributed by atoms with Gasteiger partial charge in [-0.15, -0.1) is 11.3 Å². The summed E-state index contributed by atoms with van der Waals surface area (Å²) in [5.41, 5.74) is 1.40. The molecule has 0 saturated carbocycles. The molecule has 1 aliphatic carbocycles. The monoisotopic (exact) mass is 444 g/mol. The van der Waals surface area contributed by atoms with E-state index in [1.54, 1.807) is 6.92 Å². The molecule has 30 heavy (non-hydrogen) atoms. The number of ether oxygens (including phenoxy) is 1. The number of anilines is 1. The van der Waals surface area contributed by atoms with Crippen LogP contribution in [-0.4, -0.2) is 22.5 Å². The van der Waals surface area contributed by atoms with Gasteiger partial charge in [-0.1, -0.05) is 6.92 Å². The number of rotatable bonds is 5. The molecule has 0 bridgehead atoms. The van der Waals surface area contributed by atoms with E-state index in [0.29, 0.717) is 16.5 Å². The van der Waals surface area contributed by atoms with Crippen LogP contribution in [-0.2, 0) is 12.8 Å². The molecular weight excluding hydrogens is 424 g/mol. The predicted molar refractivity (Wildman–Crippen MR) is 118 cm³/mol. The zero-order chi connectivity index (χ0) is 21.8. The van der Waals surface area contributed by atoms with Crippen molar-refractivity contribution in [1.29, 1.82) is 5.26 Å². The van der Waals surface area contributed by atoms with Crippen molar-refractivity contribution in [2.24, 2.45) is 5.92 Å². The summed E-state index contributed by atoms with van der Waals surface area (Å²) >= 11 is 6.71. The number of amides is 1. The minimum absolute atomic E-state index is 0.0275. The molecule has 0 unspecified atom stereocenters. The van der Waals surface area contributed by atoms with Crippen LogP contribution in [0.4, 0.5) is 10.7 Å². The van der Waals surface area contributed by atoms with Crippen LogP contribution in [0.2, 0.25) is 0 Å². The van der Waals surface area contributed by atoms with Crippen LogP contribution in [0.3, 0.4) is 0 Å². The van der Waals surface area contributed by atoms with Crippen molar-refractivity contribution in [2.45, 2.75) is 33.1 Å². The lowest BCUT2D eigenvalue weighted by atomic mass is 9.89. The van der Waals surface area contributed by atoms with Gasteiger partial charge in [0.15, 0.2) is 10.9 Å². The second-order valence-corrected chi connectivity index (χ2v) is 8.46. The number of thiocarbonyl (C=S) groups is 1. The van der Waals surface area contributed by atoms with Crippen molar-refractivity contribution in [3.8, 4) is 11.8 Å². The normalized spacial score (nSPS) is 14.9. The quantitative estimate of drug-likeness (QED) is 0.403. The first-order chi connectivity index (χ1) is 14.3. The third-order valence-corrected chi connectivity index (χ3v) is 6.17. The molecule has 3 rings (SSSR count). The first-order valence-corrected chi connectivity index (χ1v) is 10.6. The number of carbonyl (C=O) groups is 1. The van der Waals surface area contributed by atoms with Gasteiger partial charge in [0, 0.05) is 16.5 Å². The van der Waals surface area contributed by atoms with Gasteiger partial charge in [0.05, 0.1) is 17.1 Å². The maximum Gasteiger partial charge on any atom is 0.311 e. The van der Waals surface area contributed by atoms with E-state index in [2.05, 4.69) is 23.6 Å². The fourth-order valence-corrected chi connectivity index (χ4v) is 4.97. The van der Waals surface area contributed by atoms with Crippen molar-refractivity contribution in [2.75, 3.05) is 11.9 Å². The van der Waals surface area contributed by atoms with Crippen LogP contribution in [0.5, 0.6) is 5.75 Å². The highest BCUT2D eigenvalue weighted by Crippen LogP contribution is 2.39. The highest BCUT2D eigenvalue weighted by molar-refractivity contribution is 7.80. The predicted octanol–water partition coefficient (Wildman–Crippen LogP) is 4.18. The first kappa shape index (κ1) is 21.7. The van der Waals surface area contributed by atoms with Gasteiger partial charge in [0.25, 0.3) is 5.91 Å². The second-order valence-electron chi connectivity index (χ2n) is 6.95. The lowest BCUT2D eigenvalue weighted by Gasteiger charge is -2.17. The van der Waals surface area contributed by atoms with Crippen LogP contribution < -0.4 is 15.4 Å². The highest BCUT2D eigenvalue weighted by atomic mass is 32.1. The number of nitro groups is 1. The molecule has 0 aliphatic heterocycles. The van der Waals surface area contributed by atoms with Gasteiger partial charge in [0.1, 0.15) is 11.1 Å². The molecule has 1 aliphatic rings. The number of nitro benzene ring substituents is 1. The summed E-state index contributed by atoms with van der Waals surface area (Å²) in [5.74, 6) is 0.0709. The van der Waals surface area contributed by atoms with Gasteiger partial charge in [-0.25, -0.2) is 0 Å². The number of nitriles is 1. The number of carbonyl (C=O) groups excluding carboxylic acids is 1. The maximum atomic E-state index is 12.5. The molecular formula is C20H20N4O4S2. The Morgan fingerprint density at radius 3 is 2.93 bits per heavy atom. The fraction of sp³-hybridized carbons (Fsp3) is 0.350. The van der Waals surface area contributed by atoms with Crippen LogP contribution in [0.1, 0.15) is 46.6 Å². The molecule has 1 aromatic heterocycles. The SMILES string of the molecule is CCOc1ccc(C(=O)NC(=S)Nc2sc3c(c2C#N)CC[C@@H](C)C3)cc1[N+](=O)[O-]. The molecule has 1 amide bonds. The highest BCUT2D eigenvalue weighted by Gasteiger charge is 2.25. The lowest BCUT2D eigenvalue weighted by molar-refractivity contribution is -0.385. The molecule has 2 aromatic rings. The molecule has 1 heterocycles. The molecule has 10 heteroatoms. The number of nitrogens with zero attached hydrogens (tertiary/aromatic N) is 2. The van der Waals surface area contributed by atoms with E-state index in [1.807, 2.05) is 0 Å². The lowest BCUT2D eigenvalue weighted by Crippen LogP contribution is -2.34. The molecule has 8 nitrogen and oxygen atoms in total. The van der Waals surface area contributed by atoms with Crippen molar-refractivity contribution in [3.63, 3.8) is 0 Å². The van der Waals surface area contributed by atoms with Crippen molar-refractivity contribution >= 4 is 45.3 Å². The molecule has 0 radical (unpaired) electrons. The second kappa shape index (κ2) is 9.19. The third kappa shape index (κ3) is 4.58. The number of hydrogen-bond donors (Lipinski definition) is 2. The summed E-state index contributed by atoms with van der Waals surface area (Å²) in [6.45, 7) is 4.17. The Balaban J connectivity index is 1.74. The van der Waals surface area contributed by atoms with Crippen LogP contribution in [0.15, 0.2) is 18.2 Å².